The molecule has 0 bridgehead atoms. The molecular weight excluding hydrogens is 655 g/mol. The summed E-state index contributed by atoms with van der Waals surface area (Å²) in [6, 6.07) is 11.2. The second-order valence-corrected chi connectivity index (χ2v) is 12.9. The Bertz CT molecular complexity index is 1670. The fourth-order valence-electron chi connectivity index (χ4n) is 4.26. The zero-order valence-electron chi connectivity index (χ0n) is 24.3. The highest BCUT2D eigenvalue weighted by Crippen LogP contribution is 2.36. The van der Waals surface area contributed by atoms with Gasteiger partial charge in [-0.25, -0.2) is 8.42 Å². The maximum atomic E-state index is 14.2. The zero-order chi connectivity index (χ0) is 32.8. The first-order valence-electron chi connectivity index (χ1n) is 13.3. The van der Waals surface area contributed by atoms with Crippen molar-refractivity contribution >= 4 is 68.0 Å². The highest BCUT2D eigenvalue weighted by Gasteiger charge is 2.35. The van der Waals surface area contributed by atoms with Crippen LogP contribution in [0.2, 0.25) is 15.1 Å². The molecule has 0 aromatic heterocycles. The van der Waals surface area contributed by atoms with Crippen molar-refractivity contribution in [2.75, 3.05) is 24.5 Å². The van der Waals surface area contributed by atoms with Gasteiger partial charge in [0, 0.05) is 39.8 Å². The monoisotopic (exact) mass is 684 g/mol. The average molecular weight is 686 g/mol. The Balaban J connectivity index is 2.17. The van der Waals surface area contributed by atoms with Crippen LogP contribution in [0.1, 0.15) is 31.4 Å². The summed E-state index contributed by atoms with van der Waals surface area (Å²) >= 11 is 18.7. The fraction of sp³-hybridized carbons (Fsp3) is 0.310. The highest BCUT2D eigenvalue weighted by molar-refractivity contribution is 7.92. The molecule has 3 aromatic carbocycles. The molecule has 1 atom stereocenters. The number of carbonyl (C=O) groups is 2. The molecule has 0 aliphatic rings. The van der Waals surface area contributed by atoms with E-state index in [1.807, 2.05) is 6.92 Å². The Kier molecular flexibility index (Phi) is 11.8. The Morgan fingerprint density at radius 2 is 1.70 bits per heavy atom. The third kappa shape index (κ3) is 8.12. The van der Waals surface area contributed by atoms with Crippen LogP contribution < -0.4 is 14.4 Å². The van der Waals surface area contributed by atoms with E-state index in [9.17, 15) is 28.1 Å². The van der Waals surface area contributed by atoms with Gasteiger partial charge in [-0.15, -0.1) is 0 Å². The molecular formula is C29H31Cl3N4O7S. The standard InChI is InChI=1S/C29H31Cl3N4O7S/c1-5-12-33-29(38)19(3)34(16-20-7-8-21(30)13-24(20)32)28(37)17-35(26-14-22(31)9-11-27(26)43-4)44(41,42)23-10-6-18(2)25(15-23)36(39)40/h6-11,13-15,19H,5,12,16-17H2,1-4H3,(H,33,38)/t19-/m1/s1. The molecule has 1 N–H and O–H groups in total. The highest BCUT2D eigenvalue weighted by atomic mass is 35.5. The number of methoxy groups -OCH3 is 1. The molecule has 0 saturated carbocycles. The van der Waals surface area contributed by atoms with Gasteiger partial charge in [-0.3, -0.25) is 24.0 Å². The van der Waals surface area contributed by atoms with E-state index in [0.717, 1.165) is 10.4 Å². The Morgan fingerprint density at radius 1 is 1.05 bits per heavy atom. The number of nitrogens with zero attached hydrogens (tertiary/aromatic N) is 3. The van der Waals surface area contributed by atoms with Crippen molar-refractivity contribution < 1.29 is 27.7 Å². The van der Waals surface area contributed by atoms with Gasteiger partial charge < -0.3 is 15.0 Å². The minimum absolute atomic E-state index is 0.0634. The van der Waals surface area contributed by atoms with Gasteiger partial charge in [-0.2, -0.15) is 0 Å². The van der Waals surface area contributed by atoms with E-state index in [0.29, 0.717) is 23.6 Å². The molecule has 44 heavy (non-hydrogen) atoms. The number of hydrogen-bond acceptors (Lipinski definition) is 7. The van der Waals surface area contributed by atoms with E-state index in [4.69, 9.17) is 39.5 Å². The summed E-state index contributed by atoms with van der Waals surface area (Å²) in [6.45, 7) is 4.23. The topological polar surface area (TPSA) is 139 Å². The molecule has 0 aliphatic heterocycles. The predicted molar refractivity (Wildman–Crippen MR) is 170 cm³/mol. The van der Waals surface area contributed by atoms with Crippen LogP contribution in [-0.4, -0.2) is 56.3 Å². The summed E-state index contributed by atoms with van der Waals surface area (Å²) in [5.41, 5.74) is 0.193. The number of nitro benzene ring substituents is 1. The van der Waals surface area contributed by atoms with E-state index >= 15 is 0 Å². The van der Waals surface area contributed by atoms with E-state index in [-0.39, 0.29) is 33.6 Å². The number of ether oxygens (including phenoxy) is 1. The van der Waals surface area contributed by atoms with Crippen LogP contribution in [0.3, 0.4) is 0 Å². The van der Waals surface area contributed by atoms with Gasteiger partial charge in [-0.05, 0) is 62.2 Å². The molecule has 0 spiro atoms. The number of halogens is 3. The van der Waals surface area contributed by atoms with Gasteiger partial charge in [0.2, 0.25) is 11.8 Å². The Morgan fingerprint density at radius 3 is 2.32 bits per heavy atom. The number of sulfonamides is 1. The van der Waals surface area contributed by atoms with Crippen LogP contribution in [0.15, 0.2) is 59.5 Å². The molecule has 0 heterocycles. The van der Waals surface area contributed by atoms with Gasteiger partial charge in [0.1, 0.15) is 18.3 Å². The molecule has 0 radical (unpaired) electrons. The molecule has 3 rings (SSSR count). The van der Waals surface area contributed by atoms with Crippen LogP contribution in [0, 0.1) is 17.0 Å². The van der Waals surface area contributed by atoms with E-state index < -0.39 is 49.9 Å². The van der Waals surface area contributed by atoms with Crippen LogP contribution in [-0.2, 0) is 26.2 Å². The van der Waals surface area contributed by atoms with Gasteiger partial charge in [-0.1, -0.05) is 53.9 Å². The number of hydrogen-bond donors (Lipinski definition) is 1. The predicted octanol–water partition coefficient (Wildman–Crippen LogP) is 6.01. The zero-order valence-corrected chi connectivity index (χ0v) is 27.4. The van der Waals surface area contributed by atoms with Gasteiger partial charge in [0.15, 0.2) is 0 Å². The SMILES string of the molecule is CCCNC(=O)[C@@H](C)N(Cc1ccc(Cl)cc1Cl)C(=O)CN(c1cc(Cl)ccc1OC)S(=O)(=O)c1ccc(C)c([N+](=O)[O-])c1. The van der Waals surface area contributed by atoms with Crippen LogP contribution >= 0.6 is 34.8 Å². The molecule has 3 aromatic rings. The third-order valence-electron chi connectivity index (χ3n) is 6.73. The number of carbonyl (C=O) groups excluding carboxylic acids is 2. The van der Waals surface area contributed by atoms with Gasteiger partial charge in [0.05, 0.1) is 22.6 Å². The van der Waals surface area contributed by atoms with E-state index in [1.165, 1.54) is 62.3 Å². The second-order valence-electron chi connectivity index (χ2n) is 9.76. The summed E-state index contributed by atoms with van der Waals surface area (Å²) < 4.78 is 34.5. The molecule has 0 unspecified atom stereocenters. The number of amides is 2. The normalized spacial score (nSPS) is 11.9. The molecule has 11 nitrogen and oxygen atoms in total. The number of nitro groups is 1. The van der Waals surface area contributed by atoms with E-state index in [1.54, 1.807) is 12.1 Å². The lowest BCUT2D eigenvalue weighted by molar-refractivity contribution is -0.385. The minimum atomic E-state index is -4.65. The summed E-state index contributed by atoms with van der Waals surface area (Å²) in [5, 5.41) is 15.1. The minimum Gasteiger partial charge on any atom is -0.495 e. The smallest absolute Gasteiger partial charge is 0.273 e. The first kappa shape index (κ1) is 34.9. The molecule has 236 valence electrons. The van der Waals surface area contributed by atoms with E-state index in [2.05, 4.69) is 5.32 Å². The van der Waals surface area contributed by atoms with Crippen LogP contribution in [0.4, 0.5) is 11.4 Å². The van der Waals surface area contributed by atoms with Crippen molar-refractivity contribution in [3.05, 3.63) is 90.9 Å². The summed E-state index contributed by atoms with van der Waals surface area (Å²) in [6.07, 6.45) is 0.651. The lowest BCUT2D eigenvalue weighted by Gasteiger charge is -2.32. The number of benzene rings is 3. The fourth-order valence-corrected chi connectivity index (χ4v) is 6.33. The molecule has 15 heteroatoms. The third-order valence-corrected chi connectivity index (χ3v) is 9.30. The maximum Gasteiger partial charge on any atom is 0.273 e. The van der Waals surface area contributed by atoms with Gasteiger partial charge in [0.25, 0.3) is 15.7 Å². The Labute approximate surface area is 270 Å². The van der Waals surface area contributed by atoms with Crippen molar-refractivity contribution in [2.45, 2.75) is 44.7 Å². The largest absolute Gasteiger partial charge is 0.495 e. The lowest BCUT2D eigenvalue weighted by atomic mass is 10.1. The van der Waals surface area contributed by atoms with Gasteiger partial charge >= 0.3 is 0 Å². The average Bonchev–Trinajstić information content (AvgIpc) is 2.97. The van der Waals surface area contributed by atoms with Crippen molar-refractivity contribution in [3.8, 4) is 5.75 Å². The number of anilines is 1. The van der Waals surface area contributed by atoms with Crippen molar-refractivity contribution in [1.29, 1.82) is 0 Å². The first-order valence-corrected chi connectivity index (χ1v) is 15.9. The molecule has 2 amide bonds. The number of aryl methyl sites for hydroxylation is 1. The lowest BCUT2D eigenvalue weighted by Crippen LogP contribution is -2.51. The van der Waals surface area contributed by atoms with Crippen LogP contribution in [0.5, 0.6) is 5.75 Å². The summed E-state index contributed by atoms with van der Waals surface area (Å²) in [5.74, 6) is -1.18. The molecule has 0 saturated heterocycles. The summed E-state index contributed by atoms with van der Waals surface area (Å²) in [4.78, 5) is 38.8. The maximum absolute atomic E-state index is 14.2. The molecule has 0 fully saturated rings. The van der Waals surface area contributed by atoms with Crippen molar-refractivity contribution in [1.82, 2.24) is 10.2 Å². The molecule has 0 aliphatic carbocycles. The van der Waals surface area contributed by atoms with Crippen molar-refractivity contribution in [3.63, 3.8) is 0 Å². The Hall–Kier alpha value is -3.58. The number of rotatable bonds is 13. The quantitative estimate of drug-likeness (QED) is 0.172. The second kappa shape index (κ2) is 14.9. The number of nitrogens with one attached hydrogen (secondary N) is 1. The van der Waals surface area contributed by atoms with Crippen LogP contribution in [0.25, 0.3) is 0 Å². The first-order chi connectivity index (χ1) is 20.7. The summed E-state index contributed by atoms with van der Waals surface area (Å²) in [7, 11) is -3.34. The van der Waals surface area contributed by atoms with Crippen molar-refractivity contribution in [2.24, 2.45) is 0 Å².